The number of carbonyl (C=O) groups is 1. The lowest BCUT2D eigenvalue weighted by atomic mass is 10.1. The highest BCUT2D eigenvalue weighted by Crippen LogP contribution is 2.22. The van der Waals surface area contributed by atoms with E-state index in [0.717, 1.165) is 35.5 Å². The second-order valence-electron chi connectivity index (χ2n) is 8.04. The van der Waals surface area contributed by atoms with Crippen molar-refractivity contribution >= 4 is 5.91 Å². The van der Waals surface area contributed by atoms with Crippen LogP contribution < -0.4 is 4.74 Å². The molecule has 4 rings (SSSR count). The molecule has 0 bridgehead atoms. The number of amides is 1. The monoisotopic (exact) mass is 420 g/mol. The summed E-state index contributed by atoms with van der Waals surface area (Å²) in [4.78, 5) is 21.2. The van der Waals surface area contributed by atoms with Gasteiger partial charge in [0, 0.05) is 31.7 Å². The molecular weight excluding hydrogens is 392 g/mol. The number of carbonyl (C=O) groups excluding carboxylic acids is 1. The van der Waals surface area contributed by atoms with E-state index >= 15 is 0 Å². The van der Waals surface area contributed by atoms with Crippen LogP contribution in [0.2, 0.25) is 0 Å². The molecule has 0 saturated carbocycles. The smallest absolute Gasteiger partial charge is 0.260 e. The first kappa shape index (κ1) is 21.1. The van der Waals surface area contributed by atoms with Gasteiger partial charge in [0.2, 0.25) is 11.7 Å². The molecule has 7 heteroatoms. The van der Waals surface area contributed by atoms with Gasteiger partial charge >= 0.3 is 0 Å². The molecule has 0 radical (unpaired) electrons. The second kappa shape index (κ2) is 9.31. The summed E-state index contributed by atoms with van der Waals surface area (Å²) < 4.78 is 11.3. The minimum Gasteiger partial charge on any atom is -0.483 e. The molecule has 1 aliphatic heterocycles. The maximum atomic E-state index is 12.6. The van der Waals surface area contributed by atoms with Crippen molar-refractivity contribution in [2.24, 2.45) is 0 Å². The van der Waals surface area contributed by atoms with E-state index in [-0.39, 0.29) is 12.5 Å². The zero-order valence-corrected chi connectivity index (χ0v) is 18.3. The normalized spacial score (nSPS) is 14.6. The van der Waals surface area contributed by atoms with E-state index in [0.29, 0.717) is 31.3 Å². The molecule has 1 fully saturated rings. The van der Waals surface area contributed by atoms with Crippen LogP contribution in [0.15, 0.2) is 47.0 Å². The van der Waals surface area contributed by atoms with Crippen molar-refractivity contribution < 1.29 is 14.1 Å². The third-order valence-electron chi connectivity index (χ3n) is 5.61. The van der Waals surface area contributed by atoms with Crippen molar-refractivity contribution in [1.82, 2.24) is 19.9 Å². The molecule has 3 aromatic rings. The highest BCUT2D eigenvalue weighted by molar-refractivity contribution is 5.78. The lowest BCUT2D eigenvalue weighted by molar-refractivity contribution is -0.135. The van der Waals surface area contributed by atoms with Crippen molar-refractivity contribution in [3.05, 3.63) is 65.0 Å². The largest absolute Gasteiger partial charge is 0.483 e. The van der Waals surface area contributed by atoms with Crippen LogP contribution in [0.25, 0.3) is 11.4 Å². The summed E-state index contributed by atoms with van der Waals surface area (Å²) in [7, 11) is 0. The molecule has 1 amide bonds. The van der Waals surface area contributed by atoms with Gasteiger partial charge in [-0.25, -0.2) is 0 Å². The summed E-state index contributed by atoms with van der Waals surface area (Å²) in [6.07, 6.45) is 0. The molecule has 0 unspecified atom stereocenters. The number of para-hydroxylation sites is 1. The van der Waals surface area contributed by atoms with Crippen LogP contribution >= 0.6 is 0 Å². The van der Waals surface area contributed by atoms with Crippen molar-refractivity contribution in [3.8, 4) is 17.1 Å². The van der Waals surface area contributed by atoms with Crippen molar-refractivity contribution in [1.29, 1.82) is 0 Å². The topological polar surface area (TPSA) is 71.7 Å². The molecule has 1 aromatic heterocycles. The Kier molecular flexibility index (Phi) is 6.32. The minimum atomic E-state index is 0.0155. The highest BCUT2D eigenvalue weighted by Gasteiger charge is 2.23. The van der Waals surface area contributed by atoms with Crippen molar-refractivity contribution in [2.75, 3.05) is 32.8 Å². The predicted octanol–water partition coefficient (Wildman–Crippen LogP) is 3.39. The number of aromatic nitrogens is 2. The number of rotatable bonds is 6. The number of piperazine rings is 1. The average Bonchev–Trinajstić information content (AvgIpc) is 3.23. The van der Waals surface area contributed by atoms with Crippen molar-refractivity contribution in [3.63, 3.8) is 0 Å². The van der Waals surface area contributed by atoms with Gasteiger partial charge < -0.3 is 14.2 Å². The minimum absolute atomic E-state index is 0.0155. The predicted molar refractivity (Wildman–Crippen MR) is 118 cm³/mol. The van der Waals surface area contributed by atoms with Gasteiger partial charge in [-0.05, 0) is 31.9 Å². The van der Waals surface area contributed by atoms with E-state index < -0.39 is 0 Å². The zero-order valence-electron chi connectivity index (χ0n) is 18.3. The van der Waals surface area contributed by atoms with E-state index in [1.807, 2.05) is 68.1 Å². The van der Waals surface area contributed by atoms with Crippen LogP contribution in [-0.4, -0.2) is 58.6 Å². The average molecular weight is 421 g/mol. The first-order valence-corrected chi connectivity index (χ1v) is 10.6. The summed E-state index contributed by atoms with van der Waals surface area (Å²) in [6.45, 7) is 9.53. The Balaban J connectivity index is 1.26. The van der Waals surface area contributed by atoms with Crippen LogP contribution in [0, 0.1) is 20.8 Å². The molecule has 2 heterocycles. The SMILES string of the molecule is Cc1ccc(-c2noc(CN3CCN(C(=O)COc4c(C)cccc4C)CC3)n2)cc1. The maximum Gasteiger partial charge on any atom is 0.260 e. The number of benzene rings is 2. The Morgan fingerprint density at radius 2 is 1.68 bits per heavy atom. The summed E-state index contributed by atoms with van der Waals surface area (Å²) >= 11 is 0. The maximum absolute atomic E-state index is 12.6. The molecule has 7 nitrogen and oxygen atoms in total. The molecule has 1 aliphatic rings. The van der Waals surface area contributed by atoms with Crippen LogP contribution in [-0.2, 0) is 11.3 Å². The third kappa shape index (κ3) is 5.11. The van der Waals surface area contributed by atoms with Gasteiger partial charge in [0.15, 0.2) is 6.61 Å². The van der Waals surface area contributed by atoms with Gasteiger partial charge in [0.1, 0.15) is 5.75 Å². The summed E-state index contributed by atoms with van der Waals surface area (Å²) in [6, 6.07) is 14.0. The van der Waals surface area contributed by atoms with E-state index in [2.05, 4.69) is 15.0 Å². The first-order chi connectivity index (χ1) is 15.0. The van der Waals surface area contributed by atoms with Gasteiger partial charge in [0.05, 0.1) is 6.54 Å². The van der Waals surface area contributed by atoms with Gasteiger partial charge in [-0.3, -0.25) is 9.69 Å². The van der Waals surface area contributed by atoms with Gasteiger partial charge in [-0.15, -0.1) is 0 Å². The van der Waals surface area contributed by atoms with Gasteiger partial charge in [-0.1, -0.05) is 53.2 Å². The third-order valence-corrected chi connectivity index (χ3v) is 5.61. The Labute approximate surface area is 182 Å². The molecule has 0 N–H and O–H groups in total. The molecular formula is C24H28N4O3. The highest BCUT2D eigenvalue weighted by atomic mass is 16.5. The molecule has 162 valence electrons. The molecule has 1 saturated heterocycles. The van der Waals surface area contributed by atoms with Crippen LogP contribution in [0.1, 0.15) is 22.6 Å². The Hall–Kier alpha value is -3.19. The van der Waals surface area contributed by atoms with Gasteiger partial charge in [-0.2, -0.15) is 4.98 Å². The Bertz CT molecular complexity index is 1020. The van der Waals surface area contributed by atoms with Crippen molar-refractivity contribution in [2.45, 2.75) is 27.3 Å². The van der Waals surface area contributed by atoms with Gasteiger partial charge in [0.25, 0.3) is 5.91 Å². The molecule has 0 spiro atoms. The van der Waals surface area contributed by atoms with Crippen LogP contribution in [0.4, 0.5) is 0 Å². The molecule has 0 atom stereocenters. The summed E-state index contributed by atoms with van der Waals surface area (Å²) in [5.74, 6) is 2.01. The lowest BCUT2D eigenvalue weighted by Gasteiger charge is -2.33. The Morgan fingerprint density at radius 1 is 1.00 bits per heavy atom. The number of ether oxygens (including phenoxy) is 1. The van der Waals surface area contributed by atoms with E-state index in [1.54, 1.807) is 0 Å². The van der Waals surface area contributed by atoms with E-state index in [4.69, 9.17) is 9.26 Å². The fourth-order valence-electron chi connectivity index (χ4n) is 3.74. The fourth-order valence-corrected chi connectivity index (χ4v) is 3.74. The Morgan fingerprint density at radius 3 is 2.35 bits per heavy atom. The zero-order chi connectivity index (χ0) is 21.8. The quantitative estimate of drug-likeness (QED) is 0.609. The number of aryl methyl sites for hydroxylation is 3. The molecule has 31 heavy (non-hydrogen) atoms. The fraction of sp³-hybridized carbons (Fsp3) is 0.375. The number of hydrogen-bond acceptors (Lipinski definition) is 6. The molecule has 0 aliphatic carbocycles. The molecule has 2 aromatic carbocycles. The van der Waals surface area contributed by atoms with E-state index in [1.165, 1.54) is 5.56 Å². The van der Waals surface area contributed by atoms with Crippen LogP contribution in [0.3, 0.4) is 0 Å². The lowest BCUT2D eigenvalue weighted by Crippen LogP contribution is -2.49. The summed E-state index contributed by atoms with van der Waals surface area (Å²) in [5, 5.41) is 4.10. The summed E-state index contributed by atoms with van der Waals surface area (Å²) in [5.41, 5.74) is 4.23. The van der Waals surface area contributed by atoms with Crippen LogP contribution in [0.5, 0.6) is 5.75 Å². The second-order valence-corrected chi connectivity index (χ2v) is 8.04. The first-order valence-electron chi connectivity index (χ1n) is 10.6. The number of hydrogen-bond donors (Lipinski definition) is 0. The standard InChI is InChI=1S/C24H28N4O3/c1-17-7-9-20(10-8-17)24-25-21(31-26-24)15-27-11-13-28(14-12-27)22(29)16-30-23-18(2)5-4-6-19(23)3/h4-10H,11-16H2,1-3H3. The number of nitrogens with zero attached hydrogens (tertiary/aromatic N) is 4. The van der Waals surface area contributed by atoms with E-state index in [9.17, 15) is 4.79 Å².